The highest BCUT2D eigenvalue weighted by molar-refractivity contribution is 5.02. The highest BCUT2D eigenvalue weighted by atomic mass is 16.5. The van der Waals surface area contributed by atoms with Gasteiger partial charge in [-0.2, -0.15) is 4.98 Å². The normalized spacial score (nSPS) is 24.0. The molecule has 0 aliphatic carbocycles. The first-order valence-corrected chi connectivity index (χ1v) is 6.84. The number of nitrogens with one attached hydrogen (secondary N) is 1. The van der Waals surface area contributed by atoms with Gasteiger partial charge in [0.05, 0.1) is 19.1 Å². The molecule has 1 aliphatic heterocycles. The van der Waals surface area contributed by atoms with Gasteiger partial charge in [-0.25, -0.2) is 0 Å². The van der Waals surface area contributed by atoms with E-state index in [-0.39, 0.29) is 5.92 Å². The van der Waals surface area contributed by atoms with E-state index in [0.717, 1.165) is 37.7 Å². The second-order valence-corrected chi connectivity index (χ2v) is 5.29. The van der Waals surface area contributed by atoms with Gasteiger partial charge in [0.15, 0.2) is 5.82 Å². The molecule has 1 aromatic heterocycles. The highest BCUT2D eigenvalue weighted by Crippen LogP contribution is 2.24. The number of rotatable bonds is 6. The summed E-state index contributed by atoms with van der Waals surface area (Å²) in [6, 6.07) is 0.299. The maximum Gasteiger partial charge on any atom is 0.233 e. The molecule has 0 aromatic carbocycles. The number of likely N-dealkylation sites (N-methyl/N-ethyl adjacent to an activating group) is 1. The fourth-order valence-corrected chi connectivity index (χ4v) is 2.20. The molecule has 1 aliphatic rings. The van der Waals surface area contributed by atoms with Crippen LogP contribution in [-0.2, 0) is 11.2 Å². The second kappa shape index (κ2) is 6.29. The Hall–Kier alpha value is -0.940. The Bertz CT molecular complexity index is 365. The largest absolute Gasteiger partial charge is 0.379 e. The summed E-state index contributed by atoms with van der Waals surface area (Å²) in [7, 11) is 0. The maximum absolute atomic E-state index is 5.49. The minimum Gasteiger partial charge on any atom is -0.379 e. The number of nitrogens with zero attached hydrogens (tertiary/aromatic N) is 2. The standard InChI is InChI=1S/C13H23N3O2/c1-4-14-11-8-17-7-10(11)13-15-12(16-18-13)6-5-9(2)3/h9-11,14H,4-8H2,1-3H3. The second-order valence-electron chi connectivity index (χ2n) is 5.29. The van der Waals surface area contributed by atoms with Crippen molar-refractivity contribution in [3.63, 3.8) is 0 Å². The van der Waals surface area contributed by atoms with Gasteiger partial charge in [0.2, 0.25) is 5.89 Å². The smallest absolute Gasteiger partial charge is 0.233 e. The lowest BCUT2D eigenvalue weighted by Gasteiger charge is -2.13. The van der Waals surface area contributed by atoms with Crippen LogP contribution in [0.15, 0.2) is 4.52 Å². The van der Waals surface area contributed by atoms with Gasteiger partial charge in [0.1, 0.15) is 0 Å². The SMILES string of the molecule is CCNC1COCC1c1nc(CCC(C)C)no1. The monoisotopic (exact) mass is 253 g/mol. The average Bonchev–Trinajstić information content (AvgIpc) is 2.94. The minimum absolute atomic E-state index is 0.199. The Kier molecular flexibility index (Phi) is 4.72. The van der Waals surface area contributed by atoms with Gasteiger partial charge in [-0.1, -0.05) is 25.9 Å². The quantitative estimate of drug-likeness (QED) is 0.837. The molecule has 0 amide bonds. The third kappa shape index (κ3) is 3.29. The van der Waals surface area contributed by atoms with E-state index in [1.54, 1.807) is 0 Å². The first-order chi connectivity index (χ1) is 8.70. The predicted molar refractivity (Wildman–Crippen MR) is 68.5 cm³/mol. The zero-order valence-corrected chi connectivity index (χ0v) is 11.5. The van der Waals surface area contributed by atoms with Gasteiger partial charge in [0.25, 0.3) is 0 Å². The summed E-state index contributed by atoms with van der Waals surface area (Å²) >= 11 is 0. The molecule has 1 aromatic rings. The Balaban J connectivity index is 1.96. The summed E-state index contributed by atoms with van der Waals surface area (Å²) in [6.07, 6.45) is 1.98. The van der Waals surface area contributed by atoms with E-state index in [2.05, 4.69) is 36.2 Å². The van der Waals surface area contributed by atoms with Gasteiger partial charge in [-0.15, -0.1) is 0 Å². The molecule has 1 fully saturated rings. The molecule has 102 valence electrons. The van der Waals surface area contributed by atoms with E-state index in [4.69, 9.17) is 9.26 Å². The summed E-state index contributed by atoms with van der Waals surface area (Å²) < 4.78 is 10.9. The molecule has 0 bridgehead atoms. The fraction of sp³-hybridized carbons (Fsp3) is 0.846. The van der Waals surface area contributed by atoms with E-state index in [0.29, 0.717) is 18.6 Å². The molecule has 1 saturated heterocycles. The molecule has 5 heteroatoms. The first kappa shape index (κ1) is 13.5. The summed E-state index contributed by atoms with van der Waals surface area (Å²) in [5.74, 6) is 2.40. The first-order valence-electron chi connectivity index (χ1n) is 6.84. The Morgan fingerprint density at radius 1 is 1.39 bits per heavy atom. The van der Waals surface area contributed by atoms with E-state index in [9.17, 15) is 0 Å². The molecule has 2 heterocycles. The van der Waals surface area contributed by atoms with Crippen LogP contribution in [0.5, 0.6) is 0 Å². The van der Waals surface area contributed by atoms with Crippen LogP contribution in [0.4, 0.5) is 0 Å². The van der Waals surface area contributed by atoms with Gasteiger partial charge in [-0.3, -0.25) is 0 Å². The minimum atomic E-state index is 0.199. The third-order valence-corrected chi connectivity index (χ3v) is 3.29. The molecule has 18 heavy (non-hydrogen) atoms. The maximum atomic E-state index is 5.49. The van der Waals surface area contributed by atoms with E-state index in [1.165, 1.54) is 0 Å². The molecule has 2 rings (SSSR count). The summed E-state index contributed by atoms with van der Waals surface area (Å²) in [5, 5.41) is 7.46. The molecule has 2 atom stereocenters. The van der Waals surface area contributed by atoms with Gasteiger partial charge < -0.3 is 14.6 Å². The van der Waals surface area contributed by atoms with Crippen molar-refractivity contribution >= 4 is 0 Å². The van der Waals surface area contributed by atoms with Crippen molar-refractivity contribution in [2.24, 2.45) is 5.92 Å². The topological polar surface area (TPSA) is 60.2 Å². The van der Waals surface area contributed by atoms with Crippen LogP contribution >= 0.6 is 0 Å². The van der Waals surface area contributed by atoms with Gasteiger partial charge >= 0.3 is 0 Å². The van der Waals surface area contributed by atoms with Crippen molar-refractivity contribution in [3.8, 4) is 0 Å². The Morgan fingerprint density at radius 3 is 2.94 bits per heavy atom. The third-order valence-electron chi connectivity index (χ3n) is 3.29. The predicted octanol–water partition coefficient (Wildman–Crippen LogP) is 1.75. The molecule has 0 saturated carbocycles. The lowest BCUT2D eigenvalue weighted by molar-refractivity contribution is 0.185. The van der Waals surface area contributed by atoms with E-state index < -0.39 is 0 Å². The fourth-order valence-electron chi connectivity index (χ4n) is 2.20. The van der Waals surface area contributed by atoms with Crippen LogP contribution in [0.1, 0.15) is 44.8 Å². The van der Waals surface area contributed by atoms with Crippen LogP contribution in [0.3, 0.4) is 0 Å². The van der Waals surface area contributed by atoms with Crippen LogP contribution in [0, 0.1) is 5.92 Å². The molecule has 0 spiro atoms. The molecule has 1 N–H and O–H groups in total. The molecule has 5 nitrogen and oxygen atoms in total. The van der Waals surface area contributed by atoms with Gasteiger partial charge in [0, 0.05) is 12.5 Å². The van der Waals surface area contributed by atoms with Crippen molar-refractivity contribution < 1.29 is 9.26 Å². The number of hydrogen-bond donors (Lipinski definition) is 1. The van der Waals surface area contributed by atoms with Crippen molar-refractivity contribution in [1.29, 1.82) is 0 Å². The van der Waals surface area contributed by atoms with Crippen LogP contribution in [0.2, 0.25) is 0 Å². The molecule has 2 unspecified atom stereocenters. The van der Waals surface area contributed by atoms with Crippen molar-refractivity contribution in [2.75, 3.05) is 19.8 Å². The lowest BCUT2D eigenvalue weighted by atomic mass is 10.0. The number of hydrogen-bond acceptors (Lipinski definition) is 5. The molecular formula is C13H23N3O2. The lowest BCUT2D eigenvalue weighted by Crippen LogP contribution is -2.34. The summed E-state index contributed by atoms with van der Waals surface area (Å²) in [5.41, 5.74) is 0. The van der Waals surface area contributed by atoms with E-state index >= 15 is 0 Å². The number of aromatic nitrogens is 2. The van der Waals surface area contributed by atoms with Crippen LogP contribution in [-0.4, -0.2) is 35.9 Å². The summed E-state index contributed by atoms with van der Waals surface area (Å²) in [6.45, 7) is 8.82. The summed E-state index contributed by atoms with van der Waals surface area (Å²) in [4.78, 5) is 4.50. The van der Waals surface area contributed by atoms with Crippen molar-refractivity contribution in [1.82, 2.24) is 15.5 Å². The molecular weight excluding hydrogens is 230 g/mol. The number of aryl methyl sites for hydroxylation is 1. The van der Waals surface area contributed by atoms with Crippen LogP contribution in [0.25, 0.3) is 0 Å². The highest BCUT2D eigenvalue weighted by Gasteiger charge is 2.33. The average molecular weight is 253 g/mol. The Labute approximate surface area is 108 Å². The number of ether oxygens (including phenoxy) is 1. The van der Waals surface area contributed by atoms with Gasteiger partial charge in [-0.05, 0) is 18.9 Å². The molecule has 0 radical (unpaired) electrons. The van der Waals surface area contributed by atoms with Crippen LogP contribution < -0.4 is 5.32 Å². The van der Waals surface area contributed by atoms with E-state index in [1.807, 2.05) is 0 Å². The van der Waals surface area contributed by atoms with Crippen molar-refractivity contribution in [3.05, 3.63) is 11.7 Å². The Morgan fingerprint density at radius 2 is 2.22 bits per heavy atom. The zero-order chi connectivity index (χ0) is 13.0. The zero-order valence-electron chi connectivity index (χ0n) is 11.5. The van der Waals surface area contributed by atoms with Crippen molar-refractivity contribution in [2.45, 2.75) is 45.6 Å².